The number of carbonyl (C=O) groups is 2. The van der Waals surface area contributed by atoms with Crippen LogP contribution in [0.15, 0.2) is 48.5 Å². The van der Waals surface area contributed by atoms with Gasteiger partial charge in [0.2, 0.25) is 0 Å². The molecule has 0 bridgehead atoms. The molecule has 2 aromatic carbocycles. The lowest BCUT2D eigenvalue weighted by atomic mass is 9.68. The number of nitrogens with zero attached hydrogens (tertiary/aromatic N) is 1. The van der Waals surface area contributed by atoms with E-state index in [1.165, 1.54) is 25.7 Å². The Hall–Kier alpha value is -2.82. The summed E-state index contributed by atoms with van der Waals surface area (Å²) in [6.45, 7) is 6.01. The summed E-state index contributed by atoms with van der Waals surface area (Å²) in [6.07, 6.45) is 7.10. The molecule has 1 saturated carbocycles. The molecule has 1 heterocycles. The standard InChI is InChI=1S/C27H34N2O3/c1-3-32-24-12-5-4-9-22(24)19-28-25(30)20-13-15-21(16-14-20)26(31)29-18-8-11-23-10-6-7-17-27(23,29)2/h4-5,9,12-16,23H,3,6-8,10-11,17-19H2,1-2H3,(H,28,30)/t23-,27?/m1/s1. The number of carbonyl (C=O) groups excluding carboxylic acids is 2. The molecule has 1 aliphatic carbocycles. The van der Waals surface area contributed by atoms with E-state index in [1.54, 1.807) is 24.3 Å². The van der Waals surface area contributed by atoms with Gasteiger partial charge < -0.3 is 15.0 Å². The van der Waals surface area contributed by atoms with Gasteiger partial charge in [0.05, 0.1) is 6.61 Å². The SMILES string of the molecule is CCOc1ccccc1CNC(=O)c1ccc(C(=O)N2CCC[C@H]3CCCCC32C)cc1. The molecule has 1 N–H and O–H groups in total. The van der Waals surface area contributed by atoms with Gasteiger partial charge in [0, 0.05) is 35.3 Å². The molecule has 0 spiro atoms. The smallest absolute Gasteiger partial charge is 0.254 e. The topological polar surface area (TPSA) is 58.6 Å². The van der Waals surface area contributed by atoms with Gasteiger partial charge in [-0.3, -0.25) is 9.59 Å². The highest BCUT2D eigenvalue weighted by Gasteiger charge is 2.45. The van der Waals surface area contributed by atoms with E-state index in [-0.39, 0.29) is 17.4 Å². The average Bonchev–Trinajstić information content (AvgIpc) is 2.82. The lowest BCUT2D eigenvalue weighted by Gasteiger charge is -2.52. The third-order valence-corrected chi connectivity index (χ3v) is 7.27. The summed E-state index contributed by atoms with van der Waals surface area (Å²) in [4.78, 5) is 28.1. The van der Waals surface area contributed by atoms with Crippen molar-refractivity contribution in [2.45, 2.75) is 64.5 Å². The Morgan fingerprint density at radius 2 is 1.75 bits per heavy atom. The van der Waals surface area contributed by atoms with Gasteiger partial charge in [-0.25, -0.2) is 0 Å². The van der Waals surface area contributed by atoms with Crippen molar-refractivity contribution in [3.8, 4) is 5.75 Å². The van der Waals surface area contributed by atoms with Crippen LogP contribution in [0.1, 0.15) is 78.7 Å². The van der Waals surface area contributed by atoms with Crippen molar-refractivity contribution in [2.75, 3.05) is 13.2 Å². The summed E-state index contributed by atoms with van der Waals surface area (Å²) in [5, 5.41) is 2.96. The van der Waals surface area contributed by atoms with Crippen LogP contribution in [0.5, 0.6) is 5.75 Å². The molecule has 2 aromatic rings. The fraction of sp³-hybridized carbons (Fsp3) is 0.481. The number of rotatable bonds is 6. The molecule has 5 nitrogen and oxygen atoms in total. The summed E-state index contributed by atoms with van der Waals surface area (Å²) in [5.74, 6) is 1.33. The van der Waals surface area contributed by atoms with Crippen LogP contribution in [0.2, 0.25) is 0 Å². The minimum Gasteiger partial charge on any atom is -0.494 e. The van der Waals surface area contributed by atoms with E-state index in [0.717, 1.165) is 30.7 Å². The van der Waals surface area contributed by atoms with Crippen molar-refractivity contribution >= 4 is 11.8 Å². The van der Waals surface area contributed by atoms with E-state index in [2.05, 4.69) is 17.1 Å². The first-order valence-electron chi connectivity index (χ1n) is 11.9. The third-order valence-electron chi connectivity index (χ3n) is 7.27. The maximum atomic E-state index is 13.4. The van der Waals surface area contributed by atoms with Gasteiger partial charge in [0.1, 0.15) is 5.75 Å². The first kappa shape index (κ1) is 22.4. The molecule has 2 atom stereocenters. The summed E-state index contributed by atoms with van der Waals surface area (Å²) in [6, 6.07) is 14.8. The van der Waals surface area contributed by atoms with E-state index >= 15 is 0 Å². The molecule has 4 rings (SSSR count). The fourth-order valence-electron chi connectivity index (χ4n) is 5.43. The first-order valence-corrected chi connectivity index (χ1v) is 11.9. The zero-order valence-corrected chi connectivity index (χ0v) is 19.2. The number of likely N-dealkylation sites (tertiary alicyclic amines) is 1. The van der Waals surface area contributed by atoms with Crippen LogP contribution in [0.3, 0.4) is 0 Å². The molecule has 1 aliphatic heterocycles. The molecule has 5 heteroatoms. The van der Waals surface area contributed by atoms with Crippen molar-refractivity contribution in [1.82, 2.24) is 10.2 Å². The number of ether oxygens (including phenoxy) is 1. The van der Waals surface area contributed by atoms with Gasteiger partial charge in [0.15, 0.2) is 0 Å². The van der Waals surface area contributed by atoms with Crippen molar-refractivity contribution in [3.05, 3.63) is 65.2 Å². The zero-order chi connectivity index (χ0) is 22.6. The number of fused-ring (bicyclic) bond motifs is 1. The summed E-state index contributed by atoms with van der Waals surface area (Å²) in [5.41, 5.74) is 2.12. The van der Waals surface area contributed by atoms with Gasteiger partial charge in [-0.15, -0.1) is 0 Å². The number of piperidine rings is 1. The monoisotopic (exact) mass is 434 g/mol. The van der Waals surface area contributed by atoms with Crippen LogP contribution in [0.4, 0.5) is 0 Å². The second-order valence-electron chi connectivity index (χ2n) is 9.20. The number of nitrogens with one attached hydrogen (secondary N) is 1. The molecule has 0 aromatic heterocycles. The Kier molecular flexibility index (Phi) is 6.83. The van der Waals surface area contributed by atoms with Crippen LogP contribution >= 0.6 is 0 Å². The molecule has 1 unspecified atom stereocenters. The van der Waals surface area contributed by atoms with Crippen molar-refractivity contribution < 1.29 is 14.3 Å². The molecule has 2 amide bonds. The molecule has 32 heavy (non-hydrogen) atoms. The Bertz CT molecular complexity index is 954. The quantitative estimate of drug-likeness (QED) is 0.680. The average molecular weight is 435 g/mol. The van der Waals surface area contributed by atoms with E-state index < -0.39 is 0 Å². The summed E-state index contributed by atoms with van der Waals surface area (Å²) >= 11 is 0. The van der Waals surface area contributed by atoms with Crippen LogP contribution in [-0.2, 0) is 6.54 Å². The number of benzene rings is 2. The maximum absolute atomic E-state index is 13.4. The minimum atomic E-state index is -0.160. The molecule has 1 saturated heterocycles. The van der Waals surface area contributed by atoms with E-state index in [9.17, 15) is 9.59 Å². The van der Waals surface area contributed by atoms with Gasteiger partial charge in [0.25, 0.3) is 11.8 Å². The highest BCUT2D eigenvalue weighted by molar-refractivity contribution is 5.98. The van der Waals surface area contributed by atoms with Crippen molar-refractivity contribution in [1.29, 1.82) is 0 Å². The van der Waals surface area contributed by atoms with Crippen molar-refractivity contribution in [3.63, 3.8) is 0 Å². The highest BCUT2D eigenvalue weighted by atomic mass is 16.5. The lowest BCUT2D eigenvalue weighted by Crippen LogP contribution is -2.58. The minimum absolute atomic E-state index is 0.0302. The number of amides is 2. The Balaban J connectivity index is 1.41. The van der Waals surface area contributed by atoms with Crippen molar-refractivity contribution in [2.24, 2.45) is 5.92 Å². The first-order chi connectivity index (χ1) is 15.5. The molecule has 2 aliphatic rings. The van der Waals surface area contributed by atoms with Crippen LogP contribution < -0.4 is 10.1 Å². The highest BCUT2D eigenvalue weighted by Crippen LogP contribution is 2.44. The number of hydrogen-bond acceptors (Lipinski definition) is 3. The van der Waals surface area contributed by atoms with E-state index in [0.29, 0.717) is 30.2 Å². The third kappa shape index (κ3) is 4.52. The summed E-state index contributed by atoms with van der Waals surface area (Å²) < 4.78 is 5.63. The Labute approximate surface area is 191 Å². The Morgan fingerprint density at radius 1 is 1.03 bits per heavy atom. The maximum Gasteiger partial charge on any atom is 0.254 e. The molecule has 2 fully saturated rings. The normalized spacial score (nSPS) is 22.7. The summed E-state index contributed by atoms with van der Waals surface area (Å²) in [7, 11) is 0. The van der Waals surface area contributed by atoms with Crippen LogP contribution in [0.25, 0.3) is 0 Å². The van der Waals surface area contributed by atoms with Gasteiger partial charge >= 0.3 is 0 Å². The van der Waals surface area contributed by atoms with E-state index in [1.807, 2.05) is 31.2 Å². The largest absolute Gasteiger partial charge is 0.494 e. The molecular formula is C27H34N2O3. The van der Waals surface area contributed by atoms with Gasteiger partial charge in [-0.2, -0.15) is 0 Å². The number of hydrogen-bond donors (Lipinski definition) is 1. The second-order valence-corrected chi connectivity index (χ2v) is 9.20. The second kappa shape index (κ2) is 9.76. The molecular weight excluding hydrogens is 400 g/mol. The van der Waals surface area contributed by atoms with Gasteiger partial charge in [-0.1, -0.05) is 31.0 Å². The van der Waals surface area contributed by atoms with E-state index in [4.69, 9.17) is 4.74 Å². The number of para-hydroxylation sites is 1. The Morgan fingerprint density at radius 3 is 2.53 bits per heavy atom. The van der Waals surface area contributed by atoms with Crippen LogP contribution in [0, 0.1) is 5.92 Å². The lowest BCUT2D eigenvalue weighted by molar-refractivity contribution is -0.00971. The predicted octanol–water partition coefficient (Wildman–Crippen LogP) is 5.20. The fourth-order valence-corrected chi connectivity index (χ4v) is 5.43. The molecule has 0 radical (unpaired) electrons. The van der Waals surface area contributed by atoms with Crippen LogP contribution in [-0.4, -0.2) is 35.4 Å². The molecule has 170 valence electrons. The van der Waals surface area contributed by atoms with Gasteiger partial charge in [-0.05, 0) is 75.8 Å². The predicted molar refractivity (Wildman–Crippen MR) is 126 cm³/mol. The zero-order valence-electron chi connectivity index (χ0n) is 19.2.